The molecule has 2 N–H and O–H groups in total. The van der Waals surface area contributed by atoms with Crippen molar-refractivity contribution in [3.05, 3.63) is 54.4 Å². The van der Waals surface area contributed by atoms with Crippen LogP contribution in [0.5, 0.6) is 0 Å². The highest BCUT2D eigenvalue weighted by atomic mass is 32.2. The summed E-state index contributed by atoms with van der Waals surface area (Å²) >= 11 is 1.29. The van der Waals surface area contributed by atoms with Gasteiger partial charge in [-0.25, -0.2) is 0 Å². The SMILES string of the molecule is CCn1c(SCC(=O)NCC(=O)Nc2cccnc2)nnc1-c1ccccc1C. The summed E-state index contributed by atoms with van der Waals surface area (Å²) in [5, 5.41) is 14.5. The van der Waals surface area contributed by atoms with E-state index in [-0.39, 0.29) is 24.1 Å². The van der Waals surface area contributed by atoms with Crippen molar-refractivity contribution in [1.29, 1.82) is 0 Å². The minimum absolute atomic E-state index is 0.108. The molecule has 8 nitrogen and oxygen atoms in total. The molecule has 3 aromatic rings. The summed E-state index contributed by atoms with van der Waals surface area (Å²) in [6, 6.07) is 11.4. The topological polar surface area (TPSA) is 102 Å². The summed E-state index contributed by atoms with van der Waals surface area (Å²) in [6.07, 6.45) is 3.16. The molecule has 0 aliphatic heterocycles. The van der Waals surface area contributed by atoms with Crippen LogP contribution in [-0.4, -0.2) is 43.9 Å². The van der Waals surface area contributed by atoms with Gasteiger partial charge in [-0.1, -0.05) is 36.0 Å². The van der Waals surface area contributed by atoms with E-state index in [2.05, 4.69) is 25.8 Å². The number of carbonyl (C=O) groups excluding carboxylic acids is 2. The van der Waals surface area contributed by atoms with Gasteiger partial charge in [-0.2, -0.15) is 0 Å². The van der Waals surface area contributed by atoms with Gasteiger partial charge in [-0.15, -0.1) is 10.2 Å². The van der Waals surface area contributed by atoms with E-state index in [1.54, 1.807) is 24.5 Å². The Morgan fingerprint density at radius 1 is 1.10 bits per heavy atom. The van der Waals surface area contributed by atoms with Crippen LogP contribution in [0.25, 0.3) is 11.4 Å². The zero-order valence-corrected chi connectivity index (χ0v) is 17.1. The zero-order valence-electron chi connectivity index (χ0n) is 16.3. The largest absolute Gasteiger partial charge is 0.346 e. The molecule has 2 heterocycles. The molecule has 1 aromatic carbocycles. The lowest BCUT2D eigenvalue weighted by atomic mass is 10.1. The predicted molar refractivity (Wildman–Crippen MR) is 112 cm³/mol. The molecule has 0 radical (unpaired) electrons. The molecule has 29 heavy (non-hydrogen) atoms. The second-order valence-corrected chi connectivity index (χ2v) is 7.16. The third-order valence-corrected chi connectivity index (χ3v) is 5.11. The quantitative estimate of drug-likeness (QED) is 0.553. The third kappa shape index (κ3) is 5.41. The van der Waals surface area contributed by atoms with E-state index in [0.717, 1.165) is 17.0 Å². The highest BCUT2D eigenvalue weighted by Crippen LogP contribution is 2.26. The monoisotopic (exact) mass is 410 g/mol. The number of amides is 2. The van der Waals surface area contributed by atoms with Crippen molar-refractivity contribution in [3.8, 4) is 11.4 Å². The van der Waals surface area contributed by atoms with Gasteiger partial charge in [0.25, 0.3) is 0 Å². The van der Waals surface area contributed by atoms with Crippen LogP contribution in [0, 0.1) is 6.92 Å². The number of nitrogens with zero attached hydrogens (tertiary/aromatic N) is 4. The molecule has 0 saturated heterocycles. The zero-order chi connectivity index (χ0) is 20.6. The van der Waals surface area contributed by atoms with Crippen LogP contribution < -0.4 is 10.6 Å². The Morgan fingerprint density at radius 2 is 1.93 bits per heavy atom. The summed E-state index contributed by atoms with van der Waals surface area (Å²) in [4.78, 5) is 27.9. The van der Waals surface area contributed by atoms with Gasteiger partial charge in [0.15, 0.2) is 11.0 Å². The van der Waals surface area contributed by atoms with E-state index in [9.17, 15) is 9.59 Å². The van der Waals surface area contributed by atoms with Crippen LogP contribution in [-0.2, 0) is 16.1 Å². The Bertz CT molecular complexity index is 990. The van der Waals surface area contributed by atoms with Gasteiger partial charge in [0.05, 0.1) is 24.2 Å². The van der Waals surface area contributed by atoms with Gasteiger partial charge >= 0.3 is 0 Å². The van der Waals surface area contributed by atoms with Crippen molar-refractivity contribution in [2.24, 2.45) is 0 Å². The molecule has 0 spiro atoms. The van der Waals surface area contributed by atoms with E-state index in [4.69, 9.17) is 0 Å². The van der Waals surface area contributed by atoms with E-state index >= 15 is 0 Å². The number of carbonyl (C=O) groups is 2. The van der Waals surface area contributed by atoms with Gasteiger partial charge in [-0.05, 0) is 31.5 Å². The summed E-state index contributed by atoms with van der Waals surface area (Å²) in [6.45, 7) is 4.62. The molecule has 0 unspecified atom stereocenters. The lowest BCUT2D eigenvalue weighted by Crippen LogP contribution is -2.34. The third-order valence-electron chi connectivity index (χ3n) is 4.14. The number of nitrogens with one attached hydrogen (secondary N) is 2. The first kappa shape index (κ1) is 20.5. The maximum absolute atomic E-state index is 12.1. The predicted octanol–water partition coefficient (Wildman–Crippen LogP) is 2.52. The number of aryl methyl sites for hydroxylation is 1. The van der Waals surface area contributed by atoms with Crippen LogP contribution in [0.2, 0.25) is 0 Å². The fourth-order valence-electron chi connectivity index (χ4n) is 2.71. The molecule has 0 aliphatic rings. The molecular formula is C20H22N6O2S. The number of pyridine rings is 1. The van der Waals surface area contributed by atoms with Crippen molar-refractivity contribution >= 4 is 29.3 Å². The number of thioether (sulfide) groups is 1. The van der Waals surface area contributed by atoms with Crippen molar-refractivity contribution in [3.63, 3.8) is 0 Å². The maximum Gasteiger partial charge on any atom is 0.243 e. The molecule has 9 heteroatoms. The maximum atomic E-state index is 12.1. The molecule has 0 bridgehead atoms. The smallest absolute Gasteiger partial charge is 0.243 e. The molecule has 0 saturated carbocycles. The number of hydrogen-bond donors (Lipinski definition) is 2. The Hall–Kier alpha value is -3.20. The molecule has 2 amide bonds. The fourth-order valence-corrected chi connectivity index (χ4v) is 3.54. The Balaban J connectivity index is 1.54. The molecule has 0 aliphatic carbocycles. The molecule has 2 aromatic heterocycles. The number of hydrogen-bond acceptors (Lipinski definition) is 6. The first-order chi connectivity index (χ1) is 14.1. The summed E-state index contributed by atoms with van der Waals surface area (Å²) in [5.41, 5.74) is 2.72. The van der Waals surface area contributed by atoms with Gasteiger partial charge < -0.3 is 15.2 Å². The van der Waals surface area contributed by atoms with Crippen molar-refractivity contribution in [2.75, 3.05) is 17.6 Å². The Morgan fingerprint density at radius 3 is 2.66 bits per heavy atom. The lowest BCUT2D eigenvalue weighted by molar-refractivity contribution is -0.122. The number of aromatic nitrogens is 4. The molecule has 0 fully saturated rings. The fraction of sp³-hybridized carbons (Fsp3) is 0.250. The Kier molecular flexibility index (Phi) is 6.96. The number of benzene rings is 1. The minimum Gasteiger partial charge on any atom is -0.346 e. The normalized spacial score (nSPS) is 10.6. The van der Waals surface area contributed by atoms with Gasteiger partial charge in [0.1, 0.15) is 0 Å². The van der Waals surface area contributed by atoms with Crippen molar-refractivity contribution in [1.82, 2.24) is 25.1 Å². The average Bonchev–Trinajstić information content (AvgIpc) is 3.14. The highest BCUT2D eigenvalue weighted by molar-refractivity contribution is 7.99. The second kappa shape index (κ2) is 9.83. The van der Waals surface area contributed by atoms with Crippen molar-refractivity contribution < 1.29 is 9.59 Å². The van der Waals surface area contributed by atoms with E-state index < -0.39 is 0 Å². The standard InChI is InChI=1S/C20H22N6O2S/c1-3-26-19(16-9-5-4-7-14(16)2)24-25-20(26)29-13-18(28)22-12-17(27)23-15-8-6-10-21-11-15/h4-11H,3,12-13H2,1-2H3,(H,22,28)(H,23,27). The van der Waals surface area contributed by atoms with Gasteiger partial charge in [-0.3, -0.25) is 14.6 Å². The molecule has 150 valence electrons. The van der Waals surface area contributed by atoms with E-state index in [0.29, 0.717) is 17.4 Å². The highest BCUT2D eigenvalue weighted by Gasteiger charge is 2.16. The lowest BCUT2D eigenvalue weighted by Gasteiger charge is -2.09. The molecular weight excluding hydrogens is 388 g/mol. The summed E-state index contributed by atoms with van der Waals surface area (Å²) in [5.74, 6) is 0.366. The number of anilines is 1. The van der Waals surface area contributed by atoms with Gasteiger partial charge in [0, 0.05) is 18.3 Å². The van der Waals surface area contributed by atoms with Crippen LogP contribution in [0.15, 0.2) is 53.9 Å². The minimum atomic E-state index is -0.310. The average molecular weight is 411 g/mol. The van der Waals surface area contributed by atoms with Crippen LogP contribution in [0.4, 0.5) is 5.69 Å². The van der Waals surface area contributed by atoms with Crippen molar-refractivity contribution in [2.45, 2.75) is 25.5 Å². The Labute approximate surface area is 173 Å². The van der Waals surface area contributed by atoms with Crippen LogP contribution in [0.1, 0.15) is 12.5 Å². The summed E-state index contributed by atoms with van der Waals surface area (Å²) < 4.78 is 1.98. The second-order valence-electron chi connectivity index (χ2n) is 6.22. The number of rotatable bonds is 8. The first-order valence-electron chi connectivity index (χ1n) is 9.17. The van der Waals surface area contributed by atoms with Crippen LogP contribution >= 0.6 is 11.8 Å². The summed E-state index contributed by atoms with van der Waals surface area (Å²) in [7, 11) is 0. The van der Waals surface area contributed by atoms with E-state index in [1.807, 2.05) is 42.7 Å². The van der Waals surface area contributed by atoms with E-state index in [1.165, 1.54) is 11.8 Å². The molecule has 3 rings (SSSR count). The van der Waals surface area contributed by atoms with Gasteiger partial charge in [0.2, 0.25) is 11.8 Å². The molecule has 0 atom stereocenters. The van der Waals surface area contributed by atoms with Crippen LogP contribution in [0.3, 0.4) is 0 Å². The first-order valence-corrected chi connectivity index (χ1v) is 10.2.